The van der Waals surface area contributed by atoms with Gasteiger partial charge in [-0.15, -0.1) is 11.8 Å². The van der Waals surface area contributed by atoms with Crippen LogP contribution in [0.2, 0.25) is 0 Å². The zero-order valence-corrected chi connectivity index (χ0v) is 9.15. The molecule has 4 heteroatoms. The van der Waals surface area contributed by atoms with Gasteiger partial charge in [0.2, 0.25) is 5.91 Å². The zero-order valence-electron chi connectivity index (χ0n) is 8.33. The fraction of sp³-hybridized carbons (Fsp3) is 0.300. The van der Waals surface area contributed by atoms with Crippen LogP contribution in [-0.2, 0) is 4.79 Å². The second-order valence-electron chi connectivity index (χ2n) is 3.00. The van der Waals surface area contributed by atoms with Crippen molar-refractivity contribution in [1.82, 2.24) is 5.32 Å². The van der Waals surface area contributed by atoms with Crippen molar-refractivity contribution in [3.63, 3.8) is 0 Å². The molecular formula is C10H14N2OS. The molecule has 1 amide bonds. The molecule has 0 unspecified atom stereocenters. The largest absolute Gasteiger partial charge is 0.398 e. The number of carbonyl (C=O) groups excluding carboxylic acids is 1. The number of benzene rings is 1. The summed E-state index contributed by atoms with van der Waals surface area (Å²) in [6.07, 6.45) is 0. The Morgan fingerprint density at radius 2 is 2.29 bits per heavy atom. The van der Waals surface area contributed by atoms with Gasteiger partial charge in [0.15, 0.2) is 0 Å². The number of anilines is 1. The third-order valence-electron chi connectivity index (χ3n) is 1.80. The van der Waals surface area contributed by atoms with Crippen LogP contribution in [0.25, 0.3) is 0 Å². The minimum Gasteiger partial charge on any atom is -0.398 e. The van der Waals surface area contributed by atoms with E-state index in [0.717, 1.165) is 16.1 Å². The van der Waals surface area contributed by atoms with Crippen LogP contribution in [0.5, 0.6) is 0 Å². The van der Waals surface area contributed by atoms with E-state index in [9.17, 15) is 4.79 Å². The first kappa shape index (κ1) is 10.9. The first-order valence-corrected chi connectivity index (χ1v) is 5.31. The van der Waals surface area contributed by atoms with Gasteiger partial charge in [0.05, 0.1) is 5.75 Å². The Bertz CT molecular complexity index is 339. The molecule has 0 spiro atoms. The van der Waals surface area contributed by atoms with Gasteiger partial charge in [0, 0.05) is 17.6 Å². The van der Waals surface area contributed by atoms with Crippen molar-refractivity contribution >= 4 is 23.4 Å². The van der Waals surface area contributed by atoms with Crippen LogP contribution in [0.4, 0.5) is 5.69 Å². The van der Waals surface area contributed by atoms with E-state index in [1.54, 1.807) is 7.05 Å². The molecule has 3 nitrogen and oxygen atoms in total. The maximum atomic E-state index is 11.0. The molecule has 0 aliphatic rings. The van der Waals surface area contributed by atoms with Crippen LogP contribution in [0.1, 0.15) is 5.56 Å². The fourth-order valence-electron chi connectivity index (χ4n) is 1.01. The Kier molecular flexibility index (Phi) is 3.83. The molecule has 1 aromatic rings. The number of carbonyl (C=O) groups is 1. The maximum absolute atomic E-state index is 11.0. The minimum absolute atomic E-state index is 0.00924. The van der Waals surface area contributed by atoms with Gasteiger partial charge in [-0.2, -0.15) is 0 Å². The van der Waals surface area contributed by atoms with Gasteiger partial charge in [-0.3, -0.25) is 4.79 Å². The summed E-state index contributed by atoms with van der Waals surface area (Å²) in [4.78, 5) is 11.9. The summed E-state index contributed by atoms with van der Waals surface area (Å²) < 4.78 is 0. The zero-order chi connectivity index (χ0) is 10.6. The van der Waals surface area contributed by atoms with Crippen molar-refractivity contribution in [2.24, 2.45) is 0 Å². The molecule has 0 fully saturated rings. The maximum Gasteiger partial charge on any atom is 0.230 e. The highest BCUT2D eigenvalue weighted by atomic mass is 32.2. The molecule has 0 aliphatic heterocycles. The highest BCUT2D eigenvalue weighted by Gasteiger charge is 2.03. The minimum atomic E-state index is 0.00924. The molecule has 0 radical (unpaired) electrons. The van der Waals surface area contributed by atoms with Crippen molar-refractivity contribution in [1.29, 1.82) is 0 Å². The summed E-state index contributed by atoms with van der Waals surface area (Å²) in [5, 5.41) is 2.57. The summed E-state index contributed by atoms with van der Waals surface area (Å²) >= 11 is 1.45. The molecule has 0 saturated carbocycles. The third kappa shape index (κ3) is 2.96. The molecule has 0 bridgehead atoms. The molecule has 1 rings (SSSR count). The van der Waals surface area contributed by atoms with Gasteiger partial charge in [-0.1, -0.05) is 6.07 Å². The van der Waals surface area contributed by atoms with Gasteiger partial charge in [0.25, 0.3) is 0 Å². The predicted octanol–water partition coefficient (Wildman–Crippen LogP) is 1.42. The predicted molar refractivity (Wildman–Crippen MR) is 60.4 cm³/mol. The van der Waals surface area contributed by atoms with Crippen molar-refractivity contribution in [3.8, 4) is 0 Å². The average Bonchev–Trinajstić information content (AvgIpc) is 2.16. The summed E-state index contributed by atoms with van der Waals surface area (Å²) in [5.74, 6) is 0.416. The van der Waals surface area contributed by atoms with Gasteiger partial charge in [-0.05, 0) is 24.6 Å². The summed E-state index contributed by atoms with van der Waals surface area (Å²) in [6, 6.07) is 5.84. The lowest BCUT2D eigenvalue weighted by Gasteiger charge is -2.05. The molecular weight excluding hydrogens is 196 g/mol. The Morgan fingerprint density at radius 3 is 2.86 bits per heavy atom. The Morgan fingerprint density at radius 1 is 1.57 bits per heavy atom. The standard InChI is InChI=1S/C10H14N2OS/c1-7-3-4-9(8(11)5-7)14-6-10(13)12-2/h3-5H,6,11H2,1-2H3,(H,12,13). The SMILES string of the molecule is CNC(=O)CSc1ccc(C)cc1N. The van der Waals surface area contributed by atoms with Crippen LogP contribution in [-0.4, -0.2) is 18.7 Å². The molecule has 0 heterocycles. The summed E-state index contributed by atoms with van der Waals surface area (Å²) in [7, 11) is 1.63. The fourth-order valence-corrected chi connectivity index (χ4v) is 1.84. The summed E-state index contributed by atoms with van der Waals surface area (Å²) in [5.41, 5.74) is 7.66. The van der Waals surface area contributed by atoms with Crippen LogP contribution >= 0.6 is 11.8 Å². The van der Waals surface area contributed by atoms with E-state index in [0.29, 0.717) is 5.75 Å². The van der Waals surface area contributed by atoms with Gasteiger partial charge < -0.3 is 11.1 Å². The Balaban J connectivity index is 2.63. The van der Waals surface area contributed by atoms with Crippen molar-refractivity contribution in [2.75, 3.05) is 18.5 Å². The van der Waals surface area contributed by atoms with Crippen molar-refractivity contribution in [2.45, 2.75) is 11.8 Å². The van der Waals surface area contributed by atoms with Gasteiger partial charge >= 0.3 is 0 Å². The number of nitrogens with one attached hydrogen (secondary N) is 1. The lowest BCUT2D eigenvalue weighted by Crippen LogP contribution is -2.19. The number of aryl methyl sites for hydroxylation is 1. The van der Waals surface area contributed by atoms with E-state index in [1.165, 1.54) is 11.8 Å². The lowest BCUT2D eigenvalue weighted by atomic mass is 10.2. The topological polar surface area (TPSA) is 55.1 Å². The monoisotopic (exact) mass is 210 g/mol. The molecule has 0 atom stereocenters. The van der Waals surface area contributed by atoms with Crippen molar-refractivity contribution < 1.29 is 4.79 Å². The van der Waals surface area contributed by atoms with Crippen LogP contribution < -0.4 is 11.1 Å². The number of nitrogens with two attached hydrogens (primary N) is 1. The number of hydrogen-bond donors (Lipinski definition) is 2. The molecule has 76 valence electrons. The number of amides is 1. The highest BCUT2D eigenvalue weighted by molar-refractivity contribution is 8.00. The molecule has 14 heavy (non-hydrogen) atoms. The quantitative estimate of drug-likeness (QED) is 0.586. The molecule has 0 aromatic heterocycles. The van der Waals surface area contributed by atoms with E-state index in [-0.39, 0.29) is 5.91 Å². The van der Waals surface area contributed by atoms with Crippen LogP contribution in [0.15, 0.2) is 23.1 Å². The second-order valence-corrected chi connectivity index (χ2v) is 4.02. The Labute approximate surface area is 88.1 Å². The van der Waals surface area contributed by atoms with E-state index in [1.807, 2.05) is 25.1 Å². The van der Waals surface area contributed by atoms with Crippen LogP contribution in [0.3, 0.4) is 0 Å². The van der Waals surface area contributed by atoms with Gasteiger partial charge in [-0.25, -0.2) is 0 Å². The number of thioether (sulfide) groups is 1. The summed E-state index contributed by atoms with van der Waals surface area (Å²) in [6.45, 7) is 1.99. The first-order chi connectivity index (χ1) is 6.63. The molecule has 0 saturated heterocycles. The molecule has 0 aliphatic carbocycles. The number of hydrogen-bond acceptors (Lipinski definition) is 3. The van der Waals surface area contributed by atoms with Crippen molar-refractivity contribution in [3.05, 3.63) is 23.8 Å². The van der Waals surface area contributed by atoms with E-state index in [4.69, 9.17) is 5.73 Å². The highest BCUT2D eigenvalue weighted by Crippen LogP contribution is 2.25. The normalized spacial score (nSPS) is 9.86. The molecule has 3 N–H and O–H groups in total. The average molecular weight is 210 g/mol. The number of nitrogen functional groups attached to an aromatic ring is 1. The second kappa shape index (κ2) is 4.91. The van der Waals surface area contributed by atoms with E-state index >= 15 is 0 Å². The lowest BCUT2D eigenvalue weighted by molar-refractivity contribution is -0.118. The van der Waals surface area contributed by atoms with Crippen LogP contribution in [0, 0.1) is 6.92 Å². The van der Waals surface area contributed by atoms with E-state index in [2.05, 4.69) is 5.32 Å². The third-order valence-corrected chi connectivity index (χ3v) is 2.89. The van der Waals surface area contributed by atoms with E-state index < -0.39 is 0 Å². The smallest absolute Gasteiger partial charge is 0.230 e. The Hall–Kier alpha value is -1.16. The van der Waals surface area contributed by atoms with Gasteiger partial charge in [0.1, 0.15) is 0 Å². The first-order valence-electron chi connectivity index (χ1n) is 4.33. The molecule has 1 aromatic carbocycles. The number of rotatable bonds is 3.